The van der Waals surface area contributed by atoms with Crippen molar-refractivity contribution in [1.29, 1.82) is 0 Å². The van der Waals surface area contributed by atoms with Crippen molar-refractivity contribution in [3.05, 3.63) is 133 Å². The molecule has 7 nitrogen and oxygen atoms in total. The Morgan fingerprint density at radius 3 is 2.24 bits per heavy atom. The van der Waals surface area contributed by atoms with Gasteiger partial charge >= 0.3 is 12.1 Å². The average molecular weight is 627 g/mol. The Hall–Kier alpha value is -5.97. The minimum atomic E-state index is -5.08. The summed E-state index contributed by atoms with van der Waals surface area (Å²) in [7, 11) is 0. The summed E-state index contributed by atoms with van der Waals surface area (Å²) >= 11 is 0. The first-order valence-corrected chi connectivity index (χ1v) is 13.9. The first-order chi connectivity index (χ1) is 22.1. The molecule has 0 aliphatic heterocycles. The fourth-order valence-corrected chi connectivity index (χ4v) is 4.75. The molecule has 4 N–H and O–H groups in total. The third-order valence-electron chi connectivity index (χ3n) is 6.88. The van der Waals surface area contributed by atoms with Crippen molar-refractivity contribution in [2.24, 2.45) is 0 Å². The molecule has 0 radical (unpaired) electrons. The van der Waals surface area contributed by atoms with Gasteiger partial charge in [-0.25, -0.2) is 9.18 Å². The molecule has 0 unspecified atom stereocenters. The molecule has 4 aromatic carbocycles. The number of para-hydroxylation sites is 1. The number of aromatic nitrogens is 2. The van der Waals surface area contributed by atoms with Crippen LogP contribution in [0.2, 0.25) is 0 Å². The predicted molar refractivity (Wildman–Crippen MR) is 169 cm³/mol. The average Bonchev–Trinajstić information content (AvgIpc) is 3.45. The maximum Gasteiger partial charge on any atom is 0.490 e. The Balaban J connectivity index is 0.000000537. The number of amides is 1. The number of H-pyrrole nitrogens is 1. The summed E-state index contributed by atoms with van der Waals surface area (Å²) in [6, 6.07) is 32.0. The lowest BCUT2D eigenvalue weighted by atomic mass is 9.98. The zero-order chi connectivity index (χ0) is 32.7. The number of halogens is 4. The summed E-state index contributed by atoms with van der Waals surface area (Å²) in [6.07, 6.45) is 0.394. The first kappa shape index (κ1) is 31.5. The van der Waals surface area contributed by atoms with E-state index in [4.69, 9.17) is 9.90 Å². The van der Waals surface area contributed by atoms with Crippen LogP contribution in [0.25, 0.3) is 33.2 Å². The zero-order valence-corrected chi connectivity index (χ0v) is 24.0. The van der Waals surface area contributed by atoms with Gasteiger partial charge in [0.05, 0.1) is 18.3 Å². The van der Waals surface area contributed by atoms with Crippen molar-refractivity contribution in [2.75, 3.05) is 10.6 Å². The summed E-state index contributed by atoms with van der Waals surface area (Å²) < 4.78 is 47.3. The molecule has 0 fully saturated rings. The van der Waals surface area contributed by atoms with Crippen LogP contribution in [0.5, 0.6) is 0 Å². The molecule has 1 amide bonds. The van der Waals surface area contributed by atoms with Crippen LogP contribution in [0.1, 0.15) is 5.56 Å². The summed E-state index contributed by atoms with van der Waals surface area (Å²) in [6.45, 7) is 0. The third kappa shape index (κ3) is 7.75. The smallest absolute Gasteiger partial charge is 0.475 e. The molecule has 232 valence electrons. The number of nitrogens with zero attached hydrogens (tertiary/aromatic N) is 1. The van der Waals surface area contributed by atoms with Gasteiger partial charge in [0.25, 0.3) is 0 Å². The van der Waals surface area contributed by atoms with Crippen LogP contribution < -0.4 is 10.6 Å². The van der Waals surface area contributed by atoms with Gasteiger partial charge in [0, 0.05) is 45.8 Å². The van der Waals surface area contributed by atoms with Gasteiger partial charge in [-0.05, 0) is 59.2 Å². The number of fused-ring (bicyclic) bond motifs is 1. The highest BCUT2D eigenvalue weighted by atomic mass is 19.4. The SMILES string of the molecule is O=C(Cc1c[nH]c2ccccc12)Nc1ccc(Nc2cccnc2)c(-c2ccc(-c3ccccc3)cc2F)c1.O=C(O)C(F)(F)F. The molecule has 0 saturated heterocycles. The van der Waals surface area contributed by atoms with Crippen molar-refractivity contribution < 1.29 is 32.3 Å². The van der Waals surface area contributed by atoms with Crippen LogP contribution in [-0.4, -0.2) is 33.1 Å². The van der Waals surface area contributed by atoms with Gasteiger partial charge < -0.3 is 20.7 Å². The van der Waals surface area contributed by atoms with Gasteiger partial charge in [0.15, 0.2) is 0 Å². The van der Waals surface area contributed by atoms with Crippen molar-refractivity contribution in [3.63, 3.8) is 0 Å². The number of hydrogen-bond acceptors (Lipinski definition) is 4. The fourth-order valence-electron chi connectivity index (χ4n) is 4.75. The molecule has 0 bridgehead atoms. The normalized spacial score (nSPS) is 11.0. The molecular formula is C35H26F4N4O3. The number of rotatable bonds is 7. The number of benzene rings is 4. The second-order valence-electron chi connectivity index (χ2n) is 10.1. The number of aromatic amines is 1. The number of alkyl halides is 3. The van der Waals surface area contributed by atoms with Crippen molar-refractivity contribution in [3.8, 4) is 22.3 Å². The number of nitrogens with one attached hydrogen (secondary N) is 3. The highest BCUT2D eigenvalue weighted by molar-refractivity contribution is 5.97. The highest BCUT2D eigenvalue weighted by Gasteiger charge is 2.38. The molecule has 0 spiro atoms. The van der Waals surface area contributed by atoms with E-state index in [1.165, 1.54) is 0 Å². The van der Waals surface area contributed by atoms with Gasteiger partial charge in [-0.15, -0.1) is 0 Å². The Morgan fingerprint density at radius 2 is 1.54 bits per heavy atom. The summed E-state index contributed by atoms with van der Waals surface area (Å²) in [5.41, 5.74) is 6.74. The number of carbonyl (C=O) groups is 2. The lowest BCUT2D eigenvalue weighted by Gasteiger charge is -2.16. The van der Waals surface area contributed by atoms with Crippen LogP contribution in [0.4, 0.5) is 34.6 Å². The molecule has 0 aliphatic carbocycles. The summed E-state index contributed by atoms with van der Waals surface area (Å²) in [5, 5.41) is 14.5. The van der Waals surface area contributed by atoms with Crippen LogP contribution >= 0.6 is 0 Å². The van der Waals surface area contributed by atoms with E-state index < -0.39 is 12.1 Å². The van der Waals surface area contributed by atoms with Crippen LogP contribution in [0, 0.1) is 5.82 Å². The monoisotopic (exact) mass is 626 g/mol. The van der Waals surface area contributed by atoms with E-state index in [9.17, 15) is 18.0 Å². The predicted octanol–water partition coefficient (Wildman–Crippen LogP) is 8.59. The number of hydrogen-bond donors (Lipinski definition) is 4. The van der Waals surface area contributed by atoms with E-state index in [1.807, 2.05) is 91.1 Å². The fraction of sp³-hybridized carbons (Fsp3) is 0.0571. The topological polar surface area (TPSA) is 107 Å². The number of aliphatic carboxylic acids is 1. The molecule has 11 heteroatoms. The van der Waals surface area contributed by atoms with Gasteiger partial charge in [-0.1, -0.05) is 60.7 Å². The van der Waals surface area contributed by atoms with E-state index in [0.29, 0.717) is 22.5 Å². The largest absolute Gasteiger partial charge is 0.490 e. The van der Waals surface area contributed by atoms with E-state index >= 15 is 4.39 Å². The number of carboxylic acids is 1. The molecule has 0 saturated carbocycles. The minimum absolute atomic E-state index is 0.154. The summed E-state index contributed by atoms with van der Waals surface area (Å²) in [4.78, 5) is 29.3. The zero-order valence-electron chi connectivity index (χ0n) is 24.0. The Labute approximate surface area is 260 Å². The number of carboxylic acid groups (broad SMARTS) is 1. The maximum absolute atomic E-state index is 15.6. The Morgan fingerprint density at radius 1 is 0.804 bits per heavy atom. The first-order valence-electron chi connectivity index (χ1n) is 13.9. The minimum Gasteiger partial charge on any atom is -0.475 e. The maximum atomic E-state index is 15.6. The van der Waals surface area contributed by atoms with Crippen molar-refractivity contribution >= 4 is 39.8 Å². The quantitative estimate of drug-likeness (QED) is 0.133. The van der Waals surface area contributed by atoms with Crippen molar-refractivity contribution in [2.45, 2.75) is 12.6 Å². The highest BCUT2D eigenvalue weighted by Crippen LogP contribution is 2.36. The van der Waals surface area contributed by atoms with E-state index in [-0.39, 0.29) is 18.1 Å². The second-order valence-corrected chi connectivity index (χ2v) is 10.1. The number of carbonyl (C=O) groups excluding carboxylic acids is 1. The van der Waals surface area contributed by atoms with Crippen LogP contribution in [-0.2, 0) is 16.0 Å². The summed E-state index contributed by atoms with van der Waals surface area (Å²) in [5.74, 6) is -3.26. The van der Waals surface area contributed by atoms with Crippen LogP contribution in [0.15, 0.2) is 122 Å². The Bertz CT molecular complexity index is 1980. The molecule has 0 aliphatic rings. The molecule has 2 heterocycles. The molecule has 0 atom stereocenters. The molecular weight excluding hydrogens is 600 g/mol. The molecule has 6 aromatic rings. The molecule has 46 heavy (non-hydrogen) atoms. The van der Waals surface area contributed by atoms with Gasteiger partial charge in [-0.2, -0.15) is 13.2 Å². The van der Waals surface area contributed by atoms with E-state index in [0.717, 1.165) is 33.3 Å². The molecule has 2 aromatic heterocycles. The number of anilines is 3. The van der Waals surface area contributed by atoms with Gasteiger partial charge in [0.2, 0.25) is 5.91 Å². The van der Waals surface area contributed by atoms with Crippen LogP contribution in [0.3, 0.4) is 0 Å². The lowest BCUT2D eigenvalue weighted by molar-refractivity contribution is -0.192. The standard InChI is InChI=1S/C33H25FN4O.C2HF3O2/c34-30-17-23(22-7-2-1-3-8-22)12-14-28(30)29-19-25(13-15-32(29)37-26-9-6-16-35-21-26)38-33(39)18-24-20-36-31-11-5-4-10-27(24)31;3-2(4,5)1(6)7/h1-17,19-21,36-37H,18H2,(H,38,39);(H,6,7). The Kier molecular flexibility index (Phi) is 9.41. The van der Waals surface area contributed by atoms with Gasteiger partial charge in [0.1, 0.15) is 5.82 Å². The second kappa shape index (κ2) is 13.8. The third-order valence-corrected chi connectivity index (χ3v) is 6.88. The van der Waals surface area contributed by atoms with Gasteiger partial charge in [-0.3, -0.25) is 9.78 Å². The lowest BCUT2D eigenvalue weighted by Crippen LogP contribution is -2.21. The molecule has 6 rings (SSSR count). The number of pyridine rings is 1. The van der Waals surface area contributed by atoms with E-state index in [2.05, 4.69) is 20.6 Å². The van der Waals surface area contributed by atoms with Crippen molar-refractivity contribution in [1.82, 2.24) is 9.97 Å². The van der Waals surface area contributed by atoms with E-state index in [1.54, 1.807) is 30.6 Å².